The zero-order valence-corrected chi connectivity index (χ0v) is 7.34. The van der Waals surface area contributed by atoms with Gasteiger partial charge in [0.2, 0.25) is 0 Å². The standard InChI is InChI=1S/C6H5.2ClH.Cr/c1-2-4-6-5-3-1;;;/h1-5H;2*1H;/q;;;+2/p-2. The van der Waals surface area contributed by atoms with Crippen molar-refractivity contribution in [3.05, 3.63) is 36.4 Å². The van der Waals surface area contributed by atoms with E-state index in [0.717, 1.165) is 0 Å². The summed E-state index contributed by atoms with van der Waals surface area (Å²) >= 11 is -0.181. The molecule has 0 saturated heterocycles. The SMILES string of the molecule is [Cl][Cr][Cl].[c]1ccccc1. The molecule has 0 bridgehead atoms. The molecular weight excluding hydrogens is 195 g/mol. The molecule has 0 saturated carbocycles. The van der Waals surface area contributed by atoms with Gasteiger partial charge in [0.15, 0.2) is 0 Å². The van der Waals surface area contributed by atoms with Crippen LogP contribution in [0, 0.1) is 6.07 Å². The van der Waals surface area contributed by atoms with Crippen LogP contribution in [-0.2, 0) is 13.4 Å². The molecule has 0 aliphatic heterocycles. The Labute approximate surface area is 69.9 Å². The van der Waals surface area contributed by atoms with Crippen LogP contribution in [0.3, 0.4) is 0 Å². The van der Waals surface area contributed by atoms with Crippen molar-refractivity contribution in [1.29, 1.82) is 0 Å². The van der Waals surface area contributed by atoms with Gasteiger partial charge in [-0.2, -0.15) is 0 Å². The fourth-order valence-electron chi connectivity index (χ4n) is 0.342. The minimum absolute atomic E-state index is 0.181. The molecule has 0 atom stereocenters. The molecule has 0 unspecified atom stereocenters. The molecule has 49 valence electrons. The Bertz CT molecular complexity index is 93.9. The average molecular weight is 200 g/mol. The van der Waals surface area contributed by atoms with E-state index in [-0.39, 0.29) is 13.4 Å². The van der Waals surface area contributed by atoms with Crippen molar-refractivity contribution in [3.8, 4) is 0 Å². The summed E-state index contributed by atoms with van der Waals surface area (Å²) in [6.07, 6.45) is 0. The molecule has 0 fully saturated rings. The van der Waals surface area contributed by atoms with E-state index in [9.17, 15) is 0 Å². The maximum absolute atomic E-state index is 4.83. The zero-order valence-electron chi connectivity index (χ0n) is 4.55. The molecule has 0 N–H and O–H groups in total. The van der Waals surface area contributed by atoms with Gasteiger partial charge >= 0.3 is 33.5 Å². The Balaban J connectivity index is 0.000000187. The van der Waals surface area contributed by atoms with Crippen LogP contribution in [0.1, 0.15) is 0 Å². The Hall–Kier alpha value is 0.332. The minimum Gasteiger partial charge on any atom is -0.0622 e. The molecule has 0 spiro atoms. The van der Waals surface area contributed by atoms with Crippen LogP contribution in [0.25, 0.3) is 0 Å². The maximum atomic E-state index is 4.83. The summed E-state index contributed by atoms with van der Waals surface area (Å²) in [5.74, 6) is 0. The van der Waals surface area contributed by atoms with E-state index in [2.05, 4.69) is 6.07 Å². The molecule has 9 heavy (non-hydrogen) atoms. The number of halogens is 2. The van der Waals surface area contributed by atoms with Crippen LogP contribution in [0.15, 0.2) is 30.3 Å². The van der Waals surface area contributed by atoms with Crippen molar-refractivity contribution in [3.63, 3.8) is 0 Å². The van der Waals surface area contributed by atoms with Gasteiger partial charge in [0, 0.05) is 0 Å². The summed E-state index contributed by atoms with van der Waals surface area (Å²) < 4.78 is 0. The summed E-state index contributed by atoms with van der Waals surface area (Å²) in [4.78, 5) is 0. The third-order valence-electron chi connectivity index (χ3n) is 0.607. The first-order valence-corrected chi connectivity index (χ1v) is 5.73. The average Bonchev–Trinajstić information content (AvgIpc) is 1.93. The minimum atomic E-state index is -0.181. The zero-order chi connectivity index (χ0) is 6.95. The van der Waals surface area contributed by atoms with Crippen molar-refractivity contribution in [2.24, 2.45) is 0 Å². The van der Waals surface area contributed by atoms with E-state index in [1.165, 1.54) is 0 Å². The number of hydrogen-bond donors (Lipinski definition) is 0. The summed E-state index contributed by atoms with van der Waals surface area (Å²) in [6, 6.07) is 12.5. The summed E-state index contributed by atoms with van der Waals surface area (Å²) in [7, 11) is 9.65. The van der Waals surface area contributed by atoms with Crippen molar-refractivity contribution in [2.75, 3.05) is 0 Å². The van der Waals surface area contributed by atoms with Crippen molar-refractivity contribution in [1.82, 2.24) is 0 Å². The summed E-state index contributed by atoms with van der Waals surface area (Å²) in [6.45, 7) is 0. The molecule has 0 aliphatic rings. The quantitative estimate of drug-likeness (QED) is 0.603. The van der Waals surface area contributed by atoms with E-state index < -0.39 is 0 Å². The van der Waals surface area contributed by atoms with Gasteiger partial charge in [-0.15, -0.1) is 0 Å². The Kier molecular flexibility index (Phi) is 8.64. The predicted molar refractivity (Wildman–Crippen MR) is 37.0 cm³/mol. The van der Waals surface area contributed by atoms with Gasteiger partial charge in [-0.1, -0.05) is 30.3 Å². The van der Waals surface area contributed by atoms with E-state index in [0.29, 0.717) is 0 Å². The van der Waals surface area contributed by atoms with Gasteiger partial charge in [-0.05, 0) is 6.07 Å². The first kappa shape index (κ1) is 9.33. The van der Waals surface area contributed by atoms with Crippen LogP contribution in [0.5, 0.6) is 0 Å². The van der Waals surface area contributed by atoms with Gasteiger partial charge in [-0.3, -0.25) is 0 Å². The summed E-state index contributed by atoms with van der Waals surface area (Å²) in [5, 5.41) is 0. The molecule has 0 amide bonds. The fraction of sp³-hybridized carbons (Fsp3) is 0. The van der Waals surface area contributed by atoms with E-state index in [1.54, 1.807) is 0 Å². The molecule has 1 aromatic carbocycles. The summed E-state index contributed by atoms with van der Waals surface area (Å²) in [5.41, 5.74) is 0. The van der Waals surface area contributed by atoms with Gasteiger partial charge in [0.25, 0.3) is 0 Å². The molecule has 1 aromatic rings. The monoisotopic (exact) mass is 199 g/mol. The number of rotatable bonds is 0. The van der Waals surface area contributed by atoms with Gasteiger partial charge in [0.05, 0.1) is 0 Å². The van der Waals surface area contributed by atoms with Crippen LogP contribution in [-0.4, -0.2) is 0 Å². The molecule has 0 nitrogen and oxygen atoms in total. The third kappa shape index (κ3) is 8.33. The number of benzene rings is 1. The fourth-order valence-corrected chi connectivity index (χ4v) is 0.342. The second kappa shape index (κ2) is 8.33. The van der Waals surface area contributed by atoms with E-state index in [4.69, 9.17) is 20.1 Å². The largest absolute Gasteiger partial charge is 0.0622 e. The Morgan fingerprint density at radius 1 is 1.00 bits per heavy atom. The molecule has 0 heterocycles. The molecule has 1 rings (SSSR count). The topological polar surface area (TPSA) is 0 Å². The van der Waals surface area contributed by atoms with Crippen LogP contribution in [0.4, 0.5) is 0 Å². The van der Waals surface area contributed by atoms with Crippen LogP contribution < -0.4 is 0 Å². The Morgan fingerprint density at radius 3 is 1.56 bits per heavy atom. The molecule has 1 radical (unpaired) electrons. The van der Waals surface area contributed by atoms with Gasteiger partial charge in [-0.25, -0.2) is 0 Å². The molecule has 0 aromatic heterocycles. The van der Waals surface area contributed by atoms with Gasteiger partial charge in [0.1, 0.15) is 0 Å². The van der Waals surface area contributed by atoms with Gasteiger partial charge < -0.3 is 0 Å². The smallest absolute Gasteiger partial charge is 0.0184 e. The molecule has 0 aliphatic carbocycles. The van der Waals surface area contributed by atoms with E-state index >= 15 is 0 Å². The van der Waals surface area contributed by atoms with Crippen molar-refractivity contribution >= 4 is 20.1 Å². The van der Waals surface area contributed by atoms with E-state index in [1.807, 2.05) is 30.3 Å². The van der Waals surface area contributed by atoms with Crippen molar-refractivity contribution in [2.45, 2.75) is 0 Å². The third-order valence-corrected chi connectivity index (χ3v) is 0.607. The second-order valence-electron chi connectivity index (χ2n) is 1.14. The van der Waals surface area contributed by atoms with Crippen LogP contribution in [0.2, 0.25) is 0 Å². The Morgan fingerprint density at radius 2 is 1.44 bits per heavy atom. The second-order valence-corrected chi connectivity index (χ2v) is 3.24. The normalized spacial score (nSPS) is 7.33. The molecular formula is C6H5Cl2Cr. The van der Waals surface area contributed by atoms with Crippen LogP contribution >= 0.6 is 20.1 Å². The predicted octanol–water partition coefficient (Wildman–Crippen LogP) is 2.86. The first-order chi connectivity index (χ1) is 4.41. The first-order valence-electron chi connectivity index (χ1n) is 2.22. The number of hydrogen-bond acceptors (Lipinski definition) is 0. The molecule has 3 heteroatoms. The maximum Gasteiger partial charge on any atom is -0.0184 e. The van der Waals surface area contributed by atoms with Crippen molar-refractivity contribution < 1.29 is 13.4 Å².